The Bertz CT molecular complexity index is 1120. The van der Waals surface area contributed by atoms with Crippen molar-refractivity contribution in [1.82, 2.24) is 10.2 Å². The fraction of sp³-hybridized carbons (Fsp3) is 0.348. The number of piperidine rings is 1. The second kappa shape index (κ2) is 10.1. The summed E-state index contributed by atoms with van der Waals surface area (Å²) in [6, 6.07) is 11.6. The Morgan fingerprint density at radius 3 is 2.81 bits per heavy atom. The van der Waals surface area contributed by atoms with E-state index in [-0.39, 0.29) is 24.9 Å². The molecule has 1 aromatic heterocycles. The molecule has 1 aliphatic rings. The molecule has 0 spiro atoms. The number of hydrogen-bond donors (Lipinski definition) is 2. The fourth-order valence-electron chi connectivity index (χ4n) is 3.90. The number of nitrogens with zero attached hydrogens (tertiary/aromatic N) is 4. The van der Waals surface area contributed by atoms with Gasteiger partial charge in [-0.15, -0.1) is 22.6 Å². The normalized spacial score (nSPS) is 15.9. The van der Waals surface area contributed by atoms with Gasteiger partial charge in [-0.2, -0.15) is 0 Å². The third-order valence-corrected chi connectivity index (χ3v) is 6.05. The number of anilines is 2. The maximum Gasteiger partial charge on any atom is 0.188 e. The zero-order valence-corrected chi connectivity index (χ0v) is 18.9. The summed E-state index contributed by atoms with van der Waals surface area (Å²) in [5.41, 5.74) is 2.65. The van der Waals surface area contributed by atoms with Gasteiger partial charge < -0.3 is 15.3 Å². The van der Waals surface area contributed by atoms with Crippen molar-refractivity contribution in [3.8, 4) is 0 Å². The zero-order valence-electron chi connectivity index (χ0n) is 17.3. The molecule has 2 N–H and O–H groups in total. The van der Waals surface area contributed by atoms with Gasteiger partial charge in [0.05, 0.1) is 6.57 Å². The van der Waals surface area contributed by atoms with Gasteiger partial charge >= 0.3 is 0 Å². The lowest BCUT2D eigenvalue weighted by Crippen LogP contribution is -2.37. The van der Waals surface area contributed by atoms with Gasteiger partial charge in [-0.1, -0.05) is 35.9 Å². The lowest BCUT2D eigenvalue weighted by Gasteiger charge is -2.33. The summed E-state index contributed by atoms with van der Waals surface area (Å²) < 4.78 is 0. The number of benzene rings is 2. The van der Waals surface area contributed by atoms with Crippen molar-refractivity contribution in [3.05, 3.63) is 64.0 Å². The minimum atomic E-state index is 0. The van der Waals surface area contributed by atoms with Gasteiger partial charge in [0.25, 0.3) is 0 Å². The molecule has 0 saturated carbocycles. The summed E-state index contributed by atoms with van der Waals surface area (Å²) in [6.07, 6.45) is 2.04. The van der Waals surface area contributed by atoms with Gasteiger partial charge in [0.15, 0.2) is 17.3 Å². The summed E-state index contributed by atoms with van der Waals surface area (Å²) in [6.45, 7) is 11.8. The van der Waals surface area contributed by atoms with E-state index in [0.717, 1.165) is 58.7 Å². The number of fused-ring (bicyclic) bond motifs is 1. The molecule has 0 bridgehead atoms. The molecule has 1 aliphatic heterocycles. The highest BCUT2D eigenvalue weighted by molar-refractivity contribution is 6.31. The van der Waals surface area contributed by atoms with E-state index in [1.807, 2.05) is 43.3 Å². The van der Waals surface area contributed by atoms with Crippen molar-refractivity contribution in [1.29, 1.82) is 0 Å². The first-order valence-corrected chi connectivity index (χ1v) is 10.5. The summed E-state index contributed by atoms with van der Waals surface area (Å²) in [7, 11) is 0. The minimum Gasteiger partial charge on any atom is -0.396 e. The number of rotatable bonds is 5. The first-order chi connectivity index (χ1) is 14.6. The molecular formula is C23H25Cl2N5O. The van der Waals surface area contributed by atoms with Crippen LogP contribution in [0.25, 0.3) is 15.6 Å². The maximum absolute atomic E-state index is 9.58. The second-order valence-corrected chi connectivity index (χ2v) is 8.20. The van der Waals surface area contributed by atoms with Crippen LogP contribution in [0.1, 0.15) is 24.0 Å². The van der Waals surface area contributed by atoms with Gasteiger partial charge in [0.1, 0.15) is 0 Å². The first-order valence-electron chi connectivity index (χ1n) is 10.1. The average molecular weight is 458 g/mol. The van der Waals surface area contributed by atoms with Crippen LogP contribution in [-0.2, 0) is 6.54 Å². The Kier molecular flexibility index (Phi) is 7.55. The van der Waals surface area contributed by atoms with Crippen molar-refractivity contribution in [3.63, 3.8) is 0 Å². The molecule has 2 aromatic carbocycles. The zero-order chi connectivity index (χ0) is 21.1. The van der Waals surface area contributed by atoms with E-state index in [4.69, 9.17) is 18.2 Å². The molecule has 0 amide bonds. The third kappa shape index (κ3) is 5.01. The SMILES string of the molecule is Cl.[C-]#[N+]c1ccc2c(N3CCCC(CO)C3)nnc(NCc3ccc(C)c(Cl)c3)c2c1. The van der Waals surface area contributed by atoms with Gasteiger partial charge in [0.2, 0.25) is 0 Å². The monoisotopic (exact) mass is 457 g/mol. The predicted octanol–water partition coefficient (Wildman–Crippen LogP) is 5.39. The number of halogens is 2. The van der Waals surface area contributed by atoms with Crippen LogP contribution in [0.15, 0.2) is 36.4 Å². The minimum absolute atomic E-state index is 0. The predicted molar refractivity (Wildman–Crippen MR) is 129 cm³/mol. The lowest BCUT2D eigenvalue weighted by molar-refractivity contribution is 0.208. The summed E-state index contributed by atoms with van der Waals surface area (Å²) in [4.78, 5) is 5.77. The molecule has 31 heavy (non-hydrogen) atoms. The molecule has 0 radical (unpaired) electrons. The maximum atomic E-state index is 9.58. The van der Waals surface area contributed by atoms with E-state index < -0.39 is 0 Å². The molecule has 2 heterocycles. The quantitative estimate of drug-likeness (QED) is 0.503. The highest BCUT2D eigenvalue weighted by atomic mass is 35.5. The van der Waals surface area contributed by atoms with Crippen LogP contribution in [-0.4, -0.2) is 35.0 Å². The van der Waals surface area contributed by atoms with Gasteiger partial charge in [0, 0.05) is 42.0 Å². The number of aromatic nitrogens is 2. The lowest BCUT2D eigenvalue weighted by atomic mass is 9.98. The Hall–Kier alpha value is -2.59. The smallest absolute Gasteiger partial charge is 0.188 e. The van der Waals surface area contributed by atoms with E-state index in [1.54, 1.807) is 0 Å². The summed E-state index contributed by atoms with van der Waals surface area (Å²) in [5.74, 6) is 1.71. The number of aryl methyl sites for hydroxylation is 1. The van der Waals surface area contributed by atoms with Gasteiger partial charge in [-0.25, -0.2) is 4.85 Å². The molecule has 8 heteroatoms. The largest absolute Gasteiger partial charge is 0.396 e. The molecule has 4 rings (SSSR count). The fourth-order valence-corrected chi connectivity index (χ4v) is 4.10. The van der Waals surface area contributed by atoms with E-state index in [1.165, 1.54) is 0 Å². The topological polar surface area (TPSA) is 65.6 Å². The van der Waals surface area contributed by atoms with Crippen LogP contribution in [0.3, 0.4) is 0 Å². The molecule has 3 aromatic rings. The van der Waals surface area contributed by atoms with Crippen LogP contribution >= 0.6 is 24.0 Å². The highest BCUT2D eigenvalue weighted by Crippen LogP contribution is 2.34. The molecular weight excluding hydrogens is 433 g/mol. The van der Waals surface area contributed by atoms with E-state index >= 15 is 0 Å². The number of hydrogen-bond acceptors (Lipinski definition) is 5. The Balaban J connectivity index is 0.00000272. The Morgan fingerprint density at radius 2 is 2.06 bits per heavy atom. The molecule has 1 fully saturated rings. The van der Waals surface area contributed by atoms with Crippen molar-refractivity contribution >= 4 is 52.1 Å². The van der Waals surface area contributed by atoms with Gasteiger partial charge in [-0.3, -0.25) is 0 Å². The number of aliphatic hydroxyl groups excluding tert-OH is 1. The Labute approximate surface area is 193 Å². The summed E-state index contributed by atoms with van der Waals surface area (Å²) in [5, 5.41) is 24.5. The molecule has 1 unspecified atom stereocenters. The van der Waals surface area contributed by atoms with E-state index in [0.29, 0.717) is 18.1 Å². The van der Waals surface area contributed by atoms with E-state index in [9.17, 15) is 5.11 Å². The number of aliphatic hydroxyl groups is 1. The standard InChI is InChI=1S/C23H24ClN5O.ClH/c1-15-5-6-16(10-21(15)24)12-26-22-20-11-18(25-2)7-8-19(20)23(28-27-22)29-9-3-4-17(13-29)14-30;/h5-8,10-11,17,30H,3-4,9,12-14H2,1H3,(H,26,27);1H. The Morgan fingerprint density at radius 1 is 1.23 bits per heavy atom. The van der Waals surface area contributed by atoms with Crippen molar-refractivity contribution < 1.29 is 5.11 Å². The van der Waals surface area contributed by atoms with Crippen LogP contribution in [0, 0.1) is 19.4 Å². The van der Waals surface area contributed by atoms with Gasteiger partial charge in [-0.05, 0) is 48.9 Å². The highest BCUT2D eigenvalue weighted by Gasteiger charge is 2.23. The van der Waals surface area contributed by atoms with Crippen LogP contribution in [0.5, 0.6) is 0 Å². The summed E-state index contributed by atoms with van der Waals surface area (Å²) >= 11 is 6.25. The number of nitrogens with one attached hydrogen (secondary N) is 1. The first kappa shape index (κ1) is 23.1. The molecule has 1 saturated heterocycles. The van der Waals surface area contributed by atoms with Crippen molar-refractivity contribution in [2.75, 3.05) is 29.9 Å². The molecule has 1 atom stereocenters. The average Bonchev–Trinajstić information content (AvgIpc) is 2.79. The van der Waals surface area contributed by atoms with Crippen molar-refractivity contribution in [2.45, 2.75) is 26.3 Å². The molecule has 0 aliphatic carbocycles. The molecule has 162 valence electrons. The van der Waals surface area contributed by atoms with Crippen LogP contribution < -0.4 is 10.2 Å². The van der Waals surface area contributed by atoms with Crippen LogP contribution in [0.4, 0.5) is 17.3 Å². The third-order valence-electron chi connectivity index (χ3n) is 5.65. The van der Waals surface area contributed by atoms with Crippen LogP contribution in [0.2, 0.25) is 5.02 Å². The van der Waals surface area contributed by atoms with Crippen molar-refractivity contribution in [2.24, 2.45) is 5.92 Å². The molecule has 6 nitrogen and oxygen atoms in total. The second-order valence-electron chi connectivity index (χ2n) is 7.79. The van der Waals surface area contributed by atoms with E-state index in [2.05, 4.69) is 25.3 Å².